The molecule has 0 N–H and O–H groups in total. The lowest BCUT2D eigenvalue weighted by Gasteiger charge is -2.45. The molecule has 4 aromatic carbocycles. The van der Waals surface area contributed by atoms with Gasteiger partial charge in [-0.1, -0.05) is 109 Å². The van der Waals surface area contributed by atoms with Crippen molar-refractivity contribution in [2.75, 3.05) is 19.6 Å². The van der Waals surface area contributed by atoms with E-state index < -0.39 is 5.54 Å². The van der Waals surface area contributed by atoms with Gasteiger partial charge in [0.25, 0.3) is 0 Å². The minimum Gasteiger partial charge on any atom is -0.373 e. The van der Waals surface area contributed by atoms with Crippen LogP contribution in [0.3, 0.4) is 0 Å². The summed E-state index contributed by atoms with van der Waals surface area (Å²) in [6.45, 7) is 1.83. The Hall–Kier alpha value is -4.02. The predicted molar refractivity (Wildman–Crippen MR) is 134 cm³/mol. The van der Waals surface area contributed by atoms with Gasteiger partial charge in [-0.05, 0) is 28.8 Å². The third-order valence-electron chi connectivity index (χ3n) is 6.37. The second-order valence-corrected chi connectivity index (χ2v) is 8.31. The normalized spacial score (nSPS) is 14.3. The maximum absolute atomic E-state index is 12.8. The number of benzene rings is 4. The van der Waals surface area contributed by atoms with Gasteiger partial charge in [0.2, 0.25) is 0 Å². The molecule has 1 aliphatic heterocycles. The topological polar surface area (TPSA) is 32.6 Å². The van der Waals surface area contributed by atoms with Crippen molar-refractivity contribution in [2.24, 2.45) is 0 Å². The molecule has 4 heteroatoms. The average molecular weight is 448 g/mol. The highest BCUT2D eigenvalue weighted by Gasteiger charge is 2.44. The molecule has 1 aliphatic rings. The van der Waals surface area contributed by atoms with Crippen LogP contribution < -0.4 is 4.74 Å². The Labute approximate surface area is 200 Å². The van der Waals surface area contributed by atoms with E-state index in [2.05, 4.69) is 77.7 Å². The molecule has 168 valence electrons. The minimum absolute atomic E-state index is 0.351. The zero-order valence-corrected chi connectivity index (χ0v) is 19.0. The second-order valence-electron chi connectivity index (χ2n) is 8.31. The van der Waals surface area contributed by atoms with Gasteiger partial charge in [-0.25, -0.2) is 0 Å². The van der Waals surface area contributed by atoms with Crippen molar-refractivity contribution in [2.45, 2.75) is 5.54 Å². The molecule has 0 aliphatic carbocycles. The first-order valence-electron chi connectivity index (χ1n) is 11.6. The van der Waals surface area contributed by atoms with Crippen molar-refractivity contribution in [1.82, 2.24) is 4.90 Å². The Balaban J connectivity index is 1.55. The van der Waals surface area contributed by atoms with E-state index in [0.29, 0.717) is 25.4 Å². The third kappa shape index (κ3) is 4.16. The first-order chi connectivity index (χ1) is 16.8. The van der Waals surface area contributed by atoms with Gasteiger partial charge < -0.3 is 4.74 Å². The first kappa shape index (κ1) is 21.8. The number of carbonyl (C=O) groups excluding carboxylic acids is 1. The number of hydrogen-bond donors (Lipinski definition) is 0. The molecule has 0 aromatic heterocycles. The van der Waals surface area contributed by atoms with Crippen molar-refractivity contribution >= 4 is 12.3 Å². The summed E-state index contributed by atoms with van der Waals surface area (Å²) in [5, 5.41) is 0. The van der Waals surface area contributed by atoms with Crippen LogP contribution in [-0.2, 0) is 5.54 Å². The van der Waals surface area contributed by atoms with E-state index in [9.17, 15) is 4.79 Å². The number of hydrogen-bond acceptors (Lipinski definition) is 3. The first-order valence-corrected chi connectivity index (χ1v) is 11.6. The maximum Gasteiger partial charge on any atom is 0.601 e. The van der Waals surface area contributed by atoms with Gasteiger partial charge in [-0.15, -0.1) is 4.58 Å². The monoisotopic (exact) mass is 447 g/mol. The van der Waals surface area contributed by atoms with E-state index in [0.717, 1.165) is 0 Å². The van der Waals surface area contributed by atoms with Gasteiger partial charge in [0.15, 0.2) is 12.8 Å². The third-order valence-corrected chi connectivity index (χ3v) is 6.37. The fourth-order valence-electron chi connectivity index (χ4n) is 4.81. The fourth-order valence-corrected chi connectivity index (χ4v) is 4.81. The number of rotatable bonds is 5. The lowest BCUT2D eigenvalue weighted by molar-refractivity contribution is -0.445. The summed E-state index contributed by atoms with van der Waals surface area (Å²) < 4.78 is 7.24. The van der Waals surface area contributed by atoms with Gasteiger partial charge in [-0.2, -0.15) is 4.79 Å². The second kappa shape index (κ2) is 9.86. The highest BCUT2D eigenvalue weighted by Crippen LogP contribution is 2.42. The van der Waals surface area contributed by atoms with Gasteiger partial charge in [-0.3, -0.25) is 4.90 Å². The molecule has 0 spiro atoms. The maximum atomic E-state index is 12.8. The molecular weight excluding hydrogens is 420 g/mol. The summed E-state index contributed by atoms with van der Waals surface area (Å²) >= 11 is 0. The van der Waals surface area contributed by atoms with E-state index in [4.69, 9.17) is 4.74 Å². The molecule has 0 radical (unpaired) electrons. The van der Waals surface area contributed by atoms with E-state index in [1.165, 1.54) is 16.7 Å². The van der Waals surface area contributed by atoms with Crippen LogP contribution >= 0.6 is 0 Å². The van der Waals surface area contributed by atoms with Crippen molar-refractivity contribution in [3.63, 3.8) is 0 Å². The van der Waals surface area contributed by atoms with E-state index in [-0.39, 0.29) is 6.09 Å². The largest absolute Gasteiger partial charge is 0.601 e. The molecule has 1 amide bonds. The summed E-state index contributed by atoms with van der Waals surface area (Å²) in [5.41, 5.74) is 3.10. The summed E-state index contributed by atoms with van der Waals surface area (Å²) in [4.78, 5) is 15.2. The fraction of sp³-hybridized carbons (Fsp3) is 0.133. The summed E-state index contributed by atoms with van der Waals surface area (Å²) in [6, 6.07) is 41.0. The van der Waals surface area contributed by atoms with Crippen LogP contribution in [0.1, 0.15) is 16.7 Å². The molecule has 0 saturated carbocycles. The number of nitrogens with zero attached hydrogens (tertiary/aromatic N) is 2. The van der Waals surface area contributed by atoms with Crippen molar-refractivity contribution in [3.05, 3.63) is 138 Å². The van der Waals surface area contributed by atoms with Gasteiger partial charge >= 0.3 is 6.09 Å². The average Bonchev–Trinajstić information content (AvgIpc) is 2.92. The van der Waals surface area contributed by atoms with Crippen LogP contribution in [0.15, 0.2) is 121 Å². The molecule has 0 bridgehead atoms. The summed E-state index contributed by atoms with van der Waals surface area (Å²) in [5.74, 6) is 0.551. The van der Waals surface area contributed by atoms with Crippen LogP contribution in [-0.4, -0.2) is 41.4 Å². The van der Waals surface area contributed by atoms with Gasteiger partial charge in [0, 0.05) is 0 Å². The Kier molecular flexibility index (Phi) is 6.32. The lowest BCUT2D eigenvalue weighted by atomic mass is 9.75. The van der Waals surface area contributed by atoms with Gasteiger partial charge in [0.05, 0.1) is 18.6 Å². The molecular formula is C30H27N2O2+. The number of carbonyl (C=O) groups is 1. The molecule has 4 aromatic rings. The zero-order chi connectivity index (χ0) is 23.2. The smallest absolute Gasteiger partial charge is 0.373 e. The predicted octanol–water partition coefficient (Wildman–Crippen LogP) is 5.58. The van der Waals surface area contributed by atoms with Crippen LogP contribution in [0, 0.1) is 0 Å². The number of para-hydroxylation sites is 1. The molecule has 1 heterocycles. The molecule has 4 nitrogen and oxygen atoms in total. The molecule has 0 fully saturated rings. The van der Waals surface area contributed by atoms with Crippen LogP contribution in [0.25, 0.3) is 0 Å². The van der Waals surface area contributed by atoms with Gasteiger partial charge in [0.1, 0.15) is 5.75 Å². The van der Waals surface area contributed by atoms with Crippen LogP contribution in [0.5, 0.6) is 5.75 Å². The number of ether oxygens (including phenoxy) is 1. The summed E-state index contributed by atoms with van der Waals surface area (Å²) in [7, 11) is 0. The quantitative estimate of drug-likeness (QED) is 0.296. The van der Waals surface area contributed by atoms with Crippen molar-refractivity contribution < 1.29 is 14.1 Å². The Morgan fingerprint density at radius 2 is 1.12 bits per heavy atom. The number of amides is 1. The Morgan fingerprint density at radius 3 is 1.53 bits per heavy atom. The molecule has 0 unspecified atom stereocenters. The SMILES string of the molecule is O=C(Oc1ccccc1)[N+]1=CCN(C(c2ccccc2)(c2ccccc2)c2ccccc2)CC1. The molecule has 34 heavy (non-hydrogen) atoms. The lowest BCUT2D eigenvalue weighted by Crippen LogP contribution is -2.54. The minimum atomic E-state index is -0.490. The summed E-state index contributed by atoms with van der Waals surface area (Å²) in [6.07, 6.45) is 1.59. The standard InChI is InChI=1S/C30H27N2O2/c33-29(34-28-19-11-4-12-20-28)31-21-23-32(24-22-31)30(25-13-5-1-6-14-25,26-15-7-2-8-16-26)27-17-9-3-10-18-27/h1-21H,22-24H2/q+1. The van der Waals surface area contributed by atoms with Crippen molar-refractivity contribution in [1.29, 1.82) is 0 Å². The molecule has 0 atom stereocenters. The van der Waals surface area contributed by atoms with Crippen LogP contribution in [0.2, 0.25) is 0 Å². The highest BCUT2D eigenvalue weighted by atomic mass is 16.6. The van der Waals surface area contributed by atoms with Crippen LogP contribution in [0.4, 0.5) is 4.79 Å². The Bertz CT molecular complexity index is 1160. The molecule has 0 saturated heterocycles. The van der Waals surface area contributed by atoms with E-state index in [1.807, 2.05) is 42.6 Å². The highest BCUT2D eigenvalue weighted by molar-refractivity contribution is 5.70. The Morgan fingerprint density at radius 1 is 0.676 bits per heavy atom. The van der Waals surface area contributed by atoms with E-state index >= 15 is 0 Å². The van der Waals surface area contributed by atoms with Crippen molar-refractivity contribution in [3.8, 4) is 5.75 Å². The zero-order valence-electron chi connectivity index (χ0n) is 19.0. The van der Waals surface area contributed by atoms with E-state index in [1.54, 1.807) is 16.7 Å². The molecule has 5 rings (SSSR count).